The molecule has 3 heterocycles. The zero-order valence-corrected chi connectivity index (χ0v) is 15.5. The lowest BCUT2D eigenvalue weighted by atomic mass is 10.1. The largest absolute Gasteiger partial charge is 0.347 e. The summed E-state index contributed by atoms with van der Waals surface area (Å²) < 4.78 is 2.20. The summed E-state index contributed by atoms with van der Waals surface area (Å²) >= 11 is 13.6. The number of hydrogen-bond donors (Lipinski definition) is 1. The molecule has 25 heavy (non-hydrogen) atoms. The maximum absolute atomic E-state index is 12.9. The number of halogens is 2. The van der Waals surface area contributed by atoms with E-state index in [0.29, 0.717) is 22.3 Å². The molecule has 0 saturated heterocycles. The molecule has 1 N–H and O–H groups in total. The summed E-state index contributed by atoms with van der Waals surface area (Å²) in [5.41, 5.74) is 1.75. The van der Waals surface area contributed by atoms with Gasteiger partial charge in [0.2, 0.25) is 0 Å². The highest BCUT2D eigenvalue weighted by Gasteiger charge is 2.32. The first-order chi connectivity index (χ1) is 12.1. The highest BCUT2D eigenvalue weighted by molar-refractivity contribution is 7.10. The predicted octanol–water partition coefficient (Wildman–Crippen LogP) is 5.49. The van der Waals surface area contributed by atoms with Crippen molar-refractivity contribution in [3.8, 4) is 0 Å². The Hall–Kier alpha value is -1.95. The van der Waals surface area contributed by atoms with Gasteiger partial charge in [0.05, 0.1) is 10.0 Å². The number of aromatic nitrogens is 1. The van der Waals surface area contributed by atoms with Crippen molar-refractivity contribution in [1.82, 2.24) is 9.47 Å². The first-order valence-corrected chi connectivity index (χ1v) is 9.48. The van der Waals surface area contributed by atoms with Crippen molar-refractivity contribution in [2.45, 2.75) is 12.6 Å². The molecule has 1 aromatic carbocycles. The number of amides is 2. The summed E-state index contributed by atoms with van der Waals surface area (Å²) in [6.07, 6.45) is 2.06. The Labute approximate surface area is 159 Å². The molecule has 4 nitrogen and oxygen atoms in total. The molecule has 1 atom stereocenters. The number of carbonyl (C=O) groups is 1. The van der Waals surface area contributed by atoms with Crippen LogP contribution in [-0.4, -0.2) is 22.0 Å². The number of nitrogens with one attached hydrogen (secondary N) is 1. The minimum atomic E-state index is -0.149. The summed E-state index contributed by atoms with van der Waals surface area (Å²) in [4.78, 5) is 15.9. The van der Waals surface area contributed by atoms with E-state index in [1.165, 1.54) is 0 Å². The minimum Gasteiger partial charge on any atom is -0.347 e. The van der Waals surface area contributed by atoms with Crippen LogP contribution in [0.15, 0.2) is 54.0 Å². The van der Waals surface area contributed by atoms with Crippen molar-refractivity contribution in [3.63, 3.8) is 0 Å². The number of urea groups is 1. The van der Waals surface area contributed by atoms with Crippen molar-refractivity contribution in [2.24, 2.45) is 0 Å². The Kier molecular flexibility index (Phi) is 4.46. The van der Waals surface area contributed by atoms with Gasteiger partial charge < -0.3 is 14.8 Å². The summed E-state index contributed by atoms with van der Waals surface area (Å²) in [7, 11) is 0. The molecule has 1 aliphatic rings. The molecule has 7 heteroatoms. The third kappa shape index (κ3) is 3.15. The smallest absolute Gasteiger partial charge is 0.322 e. The summed E-state index contributed by atoms with van der Waals surface area (Å²) in [5, 5.41) is 5.85. The number of benzene rings is 1. The Morgan fingerprint density at radius 1 is 1.12 bits per heavy atom. The van der Waals surface area contributed by atoms with Crippen LogP contribution in [-0.2, 0) is 6.54 Å². The Balaban J connectivity index is 1.64. The van der Waals surface area contributed by atoms with Gasteiger partial charge in [0.1, 0.15) is 6.04 Å². The molecule has 1 aliphatic heterocycles. The van der Waals surface area contributed by atoms with Crippen LogP contribution in [0.1, 0.15) is 16.6 Å². The molecular formula is C18H15Cl2N3OS. The Bertz CT molecular complexity index is 907. The Morgan fingerprint density at radius 2 is 2.00 bits per heavy atom. The molecule has 128 valence electrons. The molecule has 0 bridgehead atoms. The maximum Gasteiger partial charge on any atom is 0.322 e. The highest BCUT2D eigenvalue weighted by atomic mass is 35.5. The molecule has 0 spiro atoms. The van der Waals surface area contributed by atoms with Crippen LogP contribution in [0.3, 0.4) is 0 Å². The van der Waals surface area contributed by atoms with Gasteiger partial charge in [-0.15, -0.1) is 11.3 Å². The number of carbonyl (C=O) groups excluding carboxylic acids is 1. The Morgan fingerprint density at radius 3 is 2.76 bits per heavy atom. The fourth-order valence-corrected chi connectivity index (χ4v) is 4.26. The van der Waals surface area contributed by atoms with Crippen LogP contribution in [0.25, 0.3) is 0 Å². The van der Waals surface area contributed by atoms with Crippen LogP contribution < -0.4 is 5.32 Å². The quantitative estimate of drug-likeness (QED) is 0.615. The van der Waals surface area contributed by atoms with Gasteiger partial charge in [-0.1, -0.05) is 29.3 Å². The molecule has 4 rings (SSSR count). The lowest BCUT2D eigenvalue weighted by Gasteiger charge is -2.36. The van der Waals surface area contributed by atoms with Crippen LogP contribution in [0, 0.1) is 0 Å². The number of hydrogen-bond acceptors (Lipinski definition) is 2. The van der Waals surface area contributed by atoms with E-state index in [9.17, 15) is 4.79 Å². The number of anilines is 1. The predicted molar refractivity (Wildman–Crippen MR) is 103 cm³/mol. The van der Waals surface area contributed by atoms with Crippen LogP contribution in [0.5, 0.6) is 0 Å². The van der Waals surface area contributed by atoms with Crippen molar-refractivity contribution < 1.29 is 4.79 Å². The molecular weight excluding hydrogens is 377 g/mol. The van der Waals surface area contributed by atoms with Crippen LogP contribution in [0.2, 0.25) is 10.0 Å². The van der Waals surface area contributed by atoms with Gasteiger partial charge in [0.25, 0.3) is 0 Å². The fourth-order valence-electron chi connectivity index (χ4n) is 3.12. The number of rotatable bonds is 2. The lowest BCUT2D eigenvalue weighted by molar-refractivity contribution is 0.183. The number of thiophene rings is 1. The average Bonchev–Trinajstić information content (AvgIpc) is 3.28. The molecule has 0 radical (unpaired) electrons. The second-order valence-electron chi connectivity index (χ2n) is 5.80. The highest BCUT2D eigenvalue weighted by Crippen LogP contribution is 2.35. The van der Waals surface area contributed by atoms with E-state index in [4.69, 9.17) is 23.2 Å². The van der Waals surface area contributed by atoms with E-state index in [0.717, 1.165) is 17.1 Å². The molecule has 3 aromatic rings. The standard InChI is InChI=1S/C18H15Cl2N3OS/c19-13-6-5-12(11-14(13)20)21-18(24)23-9-8-22-7-1-3-15(22)17(23)16-4-2-10-25-16/h1-7,10-11,17H,8-9H2,(H,21,24)/t17-/m1/s1. The SMILES string of the molecule is O=C(Nc1ccc(Cl)c(Cl)c1)N1CCn2cccc2[C@@H]1c1cccs1. The zero-order valence-electron chi connectivity index (χ0n) is 13.2. The van der Waals surface area contributed by atoms with Gasteiger partial charge in [-0.25, -0.2) is 4.79 Å². The first-order valence-electron chi connectivity index (χ1n) is 7.84. The van der Waals surface area contributed by atoms with E-state index >= 15 is 0 Å². The second-order valence-corrected chi connectivity index (χ2v) is 7.59. The zero-order chi connectivity index (χ0) is 17.4. The van der Waals surface area contributed by atoms with Gasteiger partial charge in [0.15, 0.2) is 0 Å². The molecule has 0 saturated carbocycles. The van der Waals surface area contributed by atoms with E-state index in [2.05, 4.69) is 28.2 Å². The topological polar surface area (TPSA) is 37.3 Å². The van der Waals surface area contributed by atoms with Crippen molar-refractivity contribution in [3.05, 3.63) is 74.7 Å². The molecule has 0 fully saturated rings. The van der Waals surface area contributed by atoms with Crippen molar-refractivity contribution in [2.75, 3.05) is 11.9 Å². The molecule has 0 aliphatic carbocycles. The maximum atomic E-state index is 12.9. The van der Waals surface area contributed by atoms with E-state index in [-0.39, 0.29) is 12.1 Å². The third-order valence-corrected chi connectivity index (χ3v) is 5.95. The van der Waals surface area contributed by atoms with E-state index < -0.39 is 0 Å². The normalized spacial score (nSPS) is 16.6. The second kappa shape index (κ2) is 6.75. The van der Waals surface area contributed by atoms with Gasteiger partial charge >= 0.3 is 6.03 Å². The van der Waals surface area contributed by atoms with Gasteiger partial charge in [-0.2, -0.15) is 0 Å². The molecule has 2 aromatic heterocycles. The third-order valence-electron chi connectivity index (χ3n) is 4.28. The summed E-state index contributed by atoms with van der Waals surface area (Å²) in [6.45, 7) is 1.41. The lowest BCUT2D eigenvalue weighted by Crippen LogP contribution is -2.44. The van der Waals surface area contributed by atoms with E-state index in [1.54, 1.807) is 29.5 Å². The number of fused-ring (bicyclic) bond motifs is 1. The van der Waals surface area contributed by atoms with Crippen molar-refractivity contribution in [1.29, 1.82) is 0 Å². The van der Waals surface area contributed by atoms with Crippen LogP contribution in [0.4, 0.5) is 10.5 Å². The van der Waals surface area contributed by atoms with Crippen LogP contribution >= 0.6 is 34.5 Å². The summed E-state index contributed by atoms with van der Waals surface area (Å²) in [5.74, 6) is 0. The summed E-state index contributed by atoms with van der Waals surface area (Å²) in [6, 6.07) is 13.0. The fraction of sp³-hybridized carbons (Fsp3) is 0.167. The number of nitrogens with zero attached hydrogens (tertiary/aromatic N) is 2. The molecule has 2 amide bonds. The minimum absolute atomic E-state index is 0.0912. The first kappa shape index (κ1) is 16.5. The van der Waals surface area contributed by atoms with Gasteiger partial charge in [0, 0.05) is 35.5 Å². The van der Waals surface area contributed by atoms with E-state index in [1.807, 2.05) is 22.4 Å². The average molecular weight is 392 g/mol. The monoisotopic (exact) mass is 391 g/mol. The molecule has 0 unspecified atom stereocenters. The van der Waals surface area contributed by atoms with Crippen molar-refractivity contribution >= 4 is 46.3 Å². The van der Waals surface area contributed by atoms with Gasteiger partial charge in [-0.05, 0) is 41.8 Å². The van der Waals surface area contributed by atoms with Gasteiger partial charge in [-0.3, -0.25) is 0 Å².